The number of rotatable bonds is 5. The number of aryl methyl sites for hydroxylation is 1. The number of hydrogen-bond donors (Lipinski definition) is 3. The van der Waals surface area contributed by atoms with Crippen LogP contribution < -0.4 is 16.0 Å². The summed E-state index contributed by atoms with van der Waals surface area (Å²) in [5.41, 5.74) is 2.15. The van der Waals surface area contributed by atoms with E-state index >= 15 is 0 Å². The van der Waals surface area contributed by atoms with E-state index in [2.05, 4.69) is 16.0 Å². The van der Waals surface area contributed by atoms with E-state index in [-0.39, 0.29) is 23.3 Å². The van der Waals surface area contributed by atoms with Crippen LogP contribution in [0, 0.1) is 0 Å². The summed E-state index contributed by atoms with van der Waals surface area (Å²) in [5, 5.41) is 8.93. The van der Waals surface area contributed by atoms with Crippen molar-refractivity contribution in [3.05, 3.63) is 64.7 Å². The quantitative estimate of drug-likeness (QED) is 0.702. The third-order valence-corrected chi connectivity index (χ3v) is 4.04. The Morgan fingerprint density at radius 3 is 2.40 bits per heavy atom. The van der Waals surface area contributed by atoms with Gasteiger partial charge in [-0.1, -0.05) is 29.8 Å². The molecule has 2 aromatic carbocycles. The van der Waals surface area contributed by atoms with Gasteiger partial charge in [0.15, 0.2) is 5.11 Å². The van der Waals surface area contributed by atoms with Gasteiger partial charge in [0.1, 0.15) is 0 Å². The average molecular weight is 376 g/mol. The Hall–Kier alpha value is -2.44. The molecule has 5 nitrogen and oxygen atoms in total. The molecule has 0 aromatic heterocycles. The zero-order valence-electron chi connectivity index (χ0n) is 13.6. The van der Waals surface area contributed by atoms with Gasteiger partial charge in [-0.25, -0.2) is 0 Å². The zero-order valence-corrected chi connectivity index (χ0v) is 15.2. The summed E-state index contributed by atoms with van der Waals surface area (Å²) in [7, 11) is 1.57. The van der Waals surface area contributed by atoms with Gasteiger partial charge >= 0.3 is 0 Å². The van der Waals surface area contributed by atoms with E-state index < -0.39 is 0 Å². The number of benzene rings is 2. The van der Waals surface area contributed by atoms with Crippen LogP contribution in [-0.2, 0) is 11.2 Å². The van der Waals surface area contributed by atoms with Gasteiger partial charge in [-0.2, -0.15) is 0 Å². The third kappa shape index (κ3) is 5.85. The molecule has 0 bridgehead atoms. The molecule has 3 N–H and O–H groups in total. The van der Waals surface area contributed by atoms with E-state index in [1.54, 1.807) is 37.4 Å². The highest BCUT2D eigenvalue weighted by molar-refractivity contribution is 7.80. The van der Waals surface area contributed by atoms with Crippen LogP contribution in [0.5, 0.6) is 0 Å². The first-order chi connectivity index (χ1) is 12.0. The Morgan fingerprint density at radius 1 is 1.08 bits per heavy atom. The van der Waals surface area contributed by atoms with Crippen molar-refractivity contribution in [2.75, 3.05) is 12.4 Å². The fourth-order valence-electron chi connectivity index (χ4n) is 2.15. The van der Waals surface area contributed by atoms with Gasteiger partial charge in [-0.3, -0.25) is 9.59 Å². The molecule has 0 heterocycles. The molecule has 0 radical (unpaired) electrons. The van der Waals surface area contributed by atoms with Crippen LogP contribution in [0.15, 0.2) is 48.5 Å². The molecule has 2 rings (SSSR count). The number of anilines is 1. The van der Waals surface area contributed by atoms with Gasteiger partial charge in [-0.05, 0) is 54.5 Å². The van der Waals surface area contributed by atoms with Crippen LogP contribution >= 0.6 is 23.8 Å². The highest BCUT2D eigenvalue weighted by atomic mass is 35.5. The van der Waals surface area contributed by atoms with Crippen molar-refractivity contribution in [3.63, 3.8) is 0 Å². The molecular formula is C18H18ClN3O2S. The molecule has 0 unspecified atom stereocenters. The topological polar surface area (TPSA) is 70.2 Å². The summed E-state index contributed by atoms with van der Waals surface area (Å²) in [4.78, 5) is 23.5. The minimum Gasteiger partial charge on any atom is -0.355 e. The predicted molar refractivity (Wildman–Crippen MR) is 104 cm³/mol. The number of carbonyl (C=O) groups is 2. The largest absolute Gasteiger partial charge is 0.355 e. The first kappa shape index (κ1) is 18.9. The average Bonchev–Trinajstić information content (AvgIpc) is 2.61. The Kier molecular flexibility index (Phi) is 6.91. The number of carbonyl (C=O) groups excluding carboxylic acids is 2. The number of nitrogens with one attached hydrogen (secondary N) is 3. The smallest absolute Gasteiger partial charge is 0.251 e. The highest BCUT2D eigenvalue weighted by Gasteiger charge is 2.08. The van der Waals surface area contributed by atoms with Gasteiger partial charge in [0.25, 0.3) is 5.91 Å². The Bertz CT molecular complexity index is 778. The van der Waals surface area contributed by atoms with Gasteiger partial charge < -0.3 is 16.0 Å². The van der Waals surface area contributed by atoms with Crippen LogP contribution in [-0.4, -0.2) is 24.0 Å². The van der Waals surface area contributed by atoms with Crippen molar-refractivity contribution < 1.29 is 9.59 Å². The lowest BCUT2D eigenvalue weighted by Gasteiger charge is -2.10. The normalized spacial score (nSPS) is 10.0. The fraction of sp³-hybridized carbons (Fsp3) is 0.167. The molecule has 25 heavy (non-hydrogen) atoms. The second-order valence-corrected chi connectivity index (χ2v) is 6.07. The van der Waals surface area contributed by atoms with Gasteiger partial charge in [0, 0.05) is 29.7 Å². The summed E-state index contributed by atoms with van der Waals surface area (Å²) in [6, 6.07) is 14.2. The van der Waals surface area contributed by atoms with Crippen molar-refractivity contribution in [3.8, 4) is 0 Å². The molecule has 0 aliphatic carbocycles. The standard InChI is InChI=1S/C18H18ClN3O2S/c1-20-17(24)13-6-9-14(10-7-13)21-18(25)22-16(23)11-8-12-4-2-3-5-15(12)19/h2-7,9-10H,8,11H2,1H3,(H,20,24)(H2,21,22,23,25). The number of thiocarbonyl (C=S) groups is 1. The van der Waals surface area contributed by atoms with Crippen molar-refractivity contribution >= 4 is 46.4 Å². The highest BCUT2D eigenvalue weighted by Crippen LogP contribution is 2.16. The predicted octanol–water partition coefficient (Wildman–Crippen LogP) is 3.15. The van der Waals surface area contributed by atoms with Crippen LogP contribution in [0.2, 0.25) is 5.02 Å². The first-order valence-corrected chi connectivity index (χ1v) is 8.44. The maximum Gasteiger partial charge on any atom is 0.251 e. The molecule has 130 valence electrons. The van der Waals surface area contributed by atoms with Gasteiger partial charge in [-0.15, -0.1) is 0 Å². The molecule has 0 aliphatic heterocycles. The minimum absolute atomic E-state index is 0.165. The summed E-state index contributed by atoms with van der Waals surface area (Å²) in [6.07, 6.45) is 0.816. The SMILES string of the molecule is CNC(=O)c1ccc(NC(=S)NC(=O)CCc2ccccc2Cl)cc1. The second kappa shape index (κ2) is 9.15. The lowest BCUT2D eigenvalue weighted by Crippen LogP contribution is -2.34. The van der Waals surface area contributed by atoms with E-state index in [4.69, 9.17) is 23.8 Å². The third-order valence-electron chi connectivity index (χ3n) is 3.46. The van der Waals surface area contributed by atoms with Crippen molar-refractivity contribution in [1.29, 1.82) is 0 Å². The van der Waals surface area contributed by atoms with Crippen molar-refractivity contribution in [1.82, 2.24) is 10.6 Å². The molecule has 0 saturated carbocycles. The zero-order chi connectivity index (χ0) is 18.2. The molecule has 0 fully saturated rings. The molecule has 0 atom stereocenters. The van der Waals surface area contributed by atoms with Crippen LogP contribution in [0.4, 0.5) is 5.69 Å². The number of halogens is 1. The fourth-order valence-corrected chi connectivity index (χ4v) is 2.61. The molecular weight excluding hydrogens is 358 g/mol. The monoisotopic (exact) mass is 375 g/mol. The second-order valence-electron chi connectivity index (χ2n) is 5.25. The molecule has 2 aromatic rings. The van der Waals surface area contributed by atoms with E-state index in [0.717, 1.165) is 5.56 Å². The number of amides is 2. The minimum atomic E-state index is -0.195. The molecule has 0 aliphatic rings. The summed E-state index contributed by atoms with van der Waals surface area (Å²) in [6.45, 7) is 0. The van der Waals surface area contributed by atoms with Gasteiger partial charge in [0.2, 0.25) is 5.91 Å². The van der Waals surface area contributed by atoms with E-state index in [1.165, 1.54) is 0 Å². The van der Waals surface area contributed by atoms with E-state index in [9.17, 15) is 9.59 Å². The molecule has 2 amide bonds. The first-order valence-electron chi connectivity index (χ1n) is 7.66. The Morgan fingerprint density at radius 2 is 1.76 bits per heavy atom. The van der Waals surface area contributed by atoms with E-state index in [0.29, 0.717) is 22.7 Å². The van der Waals surface area contributed by atoms with Gasteiger partial charge in [0.05, 0.1) is 0 Å². The Balaban J connectivity index is 1.82. The van der Waals surface area contributed by atoms with E-state index in [1.807, 2.05) is 18.2 Å². The lowest BCUT2D eigenvalue weighted by atomic mass is 10.1. The van der Waals surface area contributed by atoms with Crippen LogP contribution in [0.1, 0.15) is 22.3 Å². The maximum atomic E-state index is 12.0. The summed E-state index contributed by atoms with van der Waals surface area (Å²) >= 11 is 11.2. The number of hydrogen-bond acceptors (Lipinski definition) is 3. The molecule has 0 saturated heterocycles. The molecule has 0 spiro atoms. The lowest BCUT2D eigenvalue weighted by molar-refractivity contribution is -0.119. The Labute approximate surface area is 156 Å². The maximum absolute atomic E-state index is 12.0. The van der Waals surface area contributed by atoms with Crippen LogP contribution in [0.3, 0.4) is 0 Å². The van der Waals surface area contributed by atoms with Crippen LogP contribution in [0.25, 0.3) is 0 Å². The van der Waals surface area contributed by atoms with Crippen molar-refractivity contribution in [2.24, 2.45) is 0 Å². The van der Waals surface area contributed by atoms with Crippen molar-refractivity contribution in [2.45, 2.75) is 12.8 Å². The summed E-state index contributed by atoms with van der Waals surface area (Å²) in [5.74, 6) is -0.360. The summed E-state index contributed by atoms with van der Waals surface area (Å²) < 4.78 is 0. The molecule has 7 heteroatoms.